The Hall–Kier alpha value is -3.15. The Bertz CT molecular complexity index is 1420. The highest BCUT2D eigenvalue weighted by atomic mass is 32.2. The molecule has 6 rings (SSSR count). The lowest BCUT2D eigenvalue weighted by molar-refractivity contribution is -0.129. The van der Waals surface area contributed by atoms with Gasteiger partial charge in [0, 0.05) is 37.8 Å². The Kier molecular flexibility index (Phi) is 5.06. The van der Waals surface area contributed by atoms with Crippen LogP contribution < -0.4 is 0 Å². The van der Waals surface area contributed by atoms with E-state index in [1.54, 1.807) is 12.3 Å². The number of sulfone groups is 1. The van der Waals surface area contributed by atoms with Gasteiger partial charge in [-0.05, 0) is 37.2 Å². The molecule has 2 aromatic rings. The molecule has 0 radical (unpaired) electrons. The van der Waals surface area contributed by atoms with Crippen LogP contribution in [-0.2, 0) is 14.6 Å². The number of halogens is 2. The van der Waals surface area contributed by atoms with Crippen LogP contribution in [0.25, 0.3) is 5.65 Å². The summed E-state index contributed by atoms with van der Waals surface area (Å²) in [7, 11) is -3.46. The molecule has 35 heavy (non-hydrogen) atoms. The van der Waals surface area contributed by atoms with Crippen LogP contribution in [0.1, 0.15) is 25.0 Å². The Morgan fingerprint density at radius 2 is 1.94 bits per heavy atom. The second-order valence-corrected chi connectivity index (χ2v) is 12.0. The molecule has 0 spiro atoms. The molecule has 2 fully saturated rings. The van der Waals surface area contributed by atoms with Gasteiger partial charge in [0.25, 0.3) is 5.91 Å². The number of carbonyl (C=O) groups excluding carboxylic acids is 1. The first-order valence-corrected chi connectivity index (χ1v) is 13.6. The van der Waals surface area contributed by atoms with Crippen LogP contribution in [0.5, 0.6) is 0 Å². The van der Waals surface area contributed by atoms with E-state index in [0.717, 1.165) is 37.8 Å². The van der Waals surface area contributed by atoms with Crippen LogP contribution in [0.2, 0.25) is 0 Å². The van der Waals surface area contributed by atoms with Crippen LogP contribution in [0.15, 0.2) is 40.3 Å². The van der Waals surface area contributed by atoms with E-state index in [9.17, 15) is 22.0 Å². The summed E-state index contributed by atoms with van der Waals surface area (Å²) < 4.78 is 53.7. The lowest BCUT2D eigenvalue weighted by Gasteiger charge is -2.33. The molecule has 2 aromatic heterocycles. The second-order valence-electron chi connectivity index (χ2n) is 9.92. The van der Waals surface area contributed by atoms with Gasteiger partial charge >= 0.3 is 0 Å². The largest absolute Gasteiger partial charge is 0.337 e. The van der Waals surface area contributed by atoms with Gasteiger partial charge in [0.05, 0.1) is 29.6 Å². The number of rotatable bonds is 4. The molecular weight excluding hydrogens is 478 g/mol. The van der Waals surface area contributed by atoms with Crippen LogP contribution in [0.4, 0.5) is 8.78 Å². The molecule has 3 aliphatic heterocycles. The van der Waals surface area contributed by atoms with Crippen molar-refractivity contribution in [1.82, 2.24) is 19.3 Å². The van der Waals surface area contributed by atoms with Crippen molar-refractivity contribution in [2.75, 3.05) is 25.2 Å². The summed E-state index contributed by atoms with van der Waals surface area (Å²) >= 11 is 0. The zero-order valence-electron chi connectivity index (χ0n) is 19.0. The van der Waals surface area contributed by atoms with Gasteiger partial charge in [0.2, 0.25) is 0 Å². The molecular formula is C23H24F2N6O3S. The summed E-state index contributed by atoms with van der Waals surface area (Å²) in [4.78, 5) is 23.6. The van der Waals surface area contributed by atoms with Gasteiger partial charge in [-0.15, -0.1) is 0 Å². The zero-order valence-corrected chi connectivity index (χ0v) is 19.8. The predicted molar refractivity (Wildman–Crippen MR) is 124 cm³/mol. The monoisotopic (exact) mass is 502 g/mol. The first-order chi connectivity index (χ1) is 16.7. The van der Waals surface area contributed by atoms with E-state index in [1.807, 2.05) is 4.90 Å². The lowest BCUT2D eigenvalue weighted by atomic mass is 9.92. The van der Waals surface area contributed by atoms with Gasteiger partial charge < -0.3 is 4.90 Å². The third kappa shape index (κ3) is 3.93. The summed E-state index contributed by atoms with van der Waals surface area (Å²) in [5.41, 5.74) is 0.893. The maximum atomic E-state index is 14.2. The molecule has 1 saturated heterocycles. The fraction of sp³-hybridized carbons (Fsp3) is 0.478. The number of aromatic nitrogens is 2. The number of piperidine rings is 1. The standard InChI is InChI=1S/C23H24F2N6O3S/c1-35(33,34)12-31-19-6-18(23(32)29-9-13-2-3-14(4-13)10-29)26-7-16(19)21(28-31)20-8-27-22-17(25)5-15(24)11-30(20)22/h5-8,11,13-14,16,19H,2-4,9-10,12H2,1H3. The van der Waals surface area contributed by atoms with E-state index in [4.69, 9.17) is 0 Å². The van der Waals surface area contributed by atoms with E-state index in [2.05, 4.69) is 15.1 Å². The maximum Gasteiger partial charge on any atom is 0.272 e. The molecule has 1 saturated carbocycles. The minimum atomic E-state index is -3.46. The van der Waals surface area contributed by atoms with Gasteiger partial charge in [0.1, 0.15) is 17.4 Å². The molecule has 12 heteroatoms. The van der Waals surface area contributed by atoms with Crippen molar-refractivity contribution in [3.8, 4) is 0 Å². The van der Waals surface area contributed by atoms with E-state index in [1.165, 1.54) is 15.6 Å². The Morgan fingerprint density at radius 1 is 1.20 bits per heavy atom. The van der Waals surface area contributed by atoms with Crippen molar-refractivity contribution in [2.45, 2.75) is 25.3 Å². The van der Waals surface area contributed by atoms with Gasteiger partial charge in [0.15, 0.2) is 21.3 Å². The Labute approximate surface area is 200 Å². The number of hydrogen-bond acceptors (Lipinski definition) is 7. The summed E-state index contributed by atoms with van der Waals surface area (Å²) in [5, 5.41) is 5.91. The average Bonchev–Trinajstić information content (AvgIpc) is 3.47. The number of pyridine rings is 1. The van der Waals surface area contributed by atoms with Crippen molar-refractivity contribution in [3.63, 3.8) is 0 Å². The Balaban J connectivity index is 1.35. The molecule has 5 heterocycles. The van der Waals surface area contributed by atoms with Gasteiger partial charge in [-0.25, -0.2) is 22.2 Å². The molecule has 4 unspecified atom stereocenters. The fourth-order valence-corrected chi connectivity index (χ4v) is 6.49. The second kappa shape index (κ2) is 7.94. The molecule has 4 atom stereocenters. The molecule has 2 bridgehead atoms. The van der Waals surface area contributed by atoms with Gasteiger partial charge in [-0.2, -0.15) is 5.10 Å². The third-order valence-electron chi connectivity index (χ3n) is 7.24. The topological polar surface area (TPSA) is 99.7 Å². The first kappa shape index (κ1) is 22.3. The summed E-state index contributed by atoms with van der Waals surface area (Å²) in [5.74, 6) is -1.61. The minimum absolute atomic E-state index is 0.0684. The summed E-state index contributed by atoms with van der Waals surface area (Å²) in [6.45, 7) is 1.42. The minimum Gasteiger partial charge on any atom is -0.337 e. The number of nitrogens with zero attached hydrogens (tertiary/aromatic N) is 6. The number of imidazole rings is 1. The molecule has 1 amide bonds. The van der Waals surface area contributed by atoms with Crippen molar-refractivity contribution >= 4 is 33.3 Å². The fourth-order valence-electron chi connectivity index (χ4n) is 5.78. The lowest BCUT2D eigenvalue weighted by Crippen LogP contribution is -2.43. The van der Waals surface area contributed by atoms with Crippen LogP contribution in [0, 0.1) is 29.4 Å². The maximum absolute atomic E-state index is 14.2. The highest BCUT2D eigenvalue weighted by Gasteiger charge is 2.42. The van der Waals surface area contributed by atoms with Gasteiger partial charge in [-0.3, -0.25) is 19.2 Å². The number of fused-ring (bicyclic) bond motifs is 4. The average molecular weight is 503 g/mol. The summed E-state index contributed by atoms with van der Waals surface area (Å²) in [6.07, 6.45) is 10.3. The summed E-state index contributed by atoms with van der Waals surface area (Å²) in [6, 6.07) is 0.165. The molecule has 184 valence electrons. The molecule has 0 aromatic carbocycles. The zero-order chi connectivity index (χ0) is 24.5. The number of aliphatic imine (C=N–C) groups is 1. The number of amides is 1. The van der Waals surface area contributed by atoms with E-state index in [-0.39, 0.29) is 23.1 Å². The SMILES string of the molecule is CS(=O)(=O)CN1N=C(c2cnc3c(F)cc(F)cn23)C2C=NC(C(=O)N3CC4CCC(C4)C3)=CC21. The van der Waals surface area contributed by atoms with E-state index in [0.29, 0.717) is 36.3 Å². The number of carbonyl (C=O) groups is 1. The Morgan fingerprint density at radius 3 is 2.66 bits per heavy atom. The smallest absolute Gasteiger partial charge is 0.272 e. The van der Waals surface area contributed by atoms with E-state index < -0.39 is 33.4 Å². The van der Waals surface area contributed by atoms with Crippen molar-refractivity contribution in [2.24, 2.45) is 27.8 Å². The van der Waals surface area contributed by atoms with Crippen molar-refractivity contribution in [1.29, 1.82) is 0 Å². The molecule has 1 aliphatic carbocycles. The third-order valence-corrected chi connectivity index (χ3v) is 7.97. The van der Waals surface area contributed by atoms with Crippen LogP contribution >= 0.6 is 0 Å². The quantitative estimate of drug-likeness (QED) is 0.635. The van der Waals surface area contributed by atoms with Crippen LogP contribution in [0.3, 0.4) is 0 Å². The predicted octanol–water partition coefficient (Wildman–Crippen LogP) is 1.85. The molecule has 4 aliphatic rings. The van der Waals surface area contributed by atoms with Crippen molar-refractivity contribution < 1.29 is 22.0 Å². The number of hydrogen-bond donors (Lipinski definition) is 0. The highest BCUT2D eigenvalue weighted by Crippen LogP contribution is 2.37. The van der Waals surface area contributed by atoms with E-state index >= 15 is 0 Å². The van der Waals surface area contributed by atoms with Crippen molar-refractivity contribution in [3.05, 3.63) is 47.6 Å². The normalized spacial score (nSPS) is 27.9. The first-order valence-electron chi connectivity index (χ1n) is 11.6. The van der Waals surface area contributed by atoms with Crippen LogP contribution in [-0.4, -0.2) is 76.8 Å². The molecule has 9 nitrogen and oxygen atoms in total. The molecule has 0 N–H and O–H groups in total. The van der Waals surface area contributed by atoms with Gasteiger partial charge in [-0.1, -0.05) is 0 Å². The highest BCUT2D eigenvalue weighted by molar-refractivity contribution is 7.90. The number of hydrazone groups is 1. The number of likely N-dealkylation sites (tertiary alicyclic amines) is 1.